The van der Waals surface area contributed by atoms with Gasteiger partial charge < -0.3 is 15.0 Å². The van der Waals surface area contributed by atoms with Crippen molar-refractivity contribution in [3.8, 4) is 5.75 Å². The number of hydrogen-bond donors (Lipinski definition) is 1. The summed E-state index contributed by atoms with van der Waals surface area (Å²) in [6.45, 7) is 3.66. The standard InChI is InChI=1S/C20H26N4O4S/c1-17(28-18-7-3-2-4-8-18)20(25)22-11-16-29(26,27)24-14-12-23(13-15-24)19-9-5-6-10-21-19/h2-10,17H,11-16H2,1H3,(H,22,25). The van der Waals surface area contributed by atoms with Gasteiger partial charge in [0.05, 0.1) is 5.75 Å². The van der Waals surface area contributed by atoms with E-state index in [4.69, 9.17) is 4.74 Å². The van der Waals surface area contributed by atoms with Crippen molar-refractivity contribution in [1.29, 1.82) is 0 Å². The molecule has 2 heterocycles. The Labute approximate surface area is 171 Å². The Morgan fingerprint density at radius 2 is 1.79 bits per heavy atom. The van der Waals surface area contributed by atoms with E-state index in [-0.39, 0.29) is 18.2 Å². The first-order valence-electron chi connectivity index (χ1n) is 9.59. The van der Waals surface area contributed by atoms with Gasteiger partial charge in [0.2, 0.25) is 10.0 Å². The summed E-state index contributed by atoms with van der Waals surface area (Å²) in [5.74, 6) is 0.960. The molecule has 1 fully saturated rings. The monoisotopic (exact) mass is 418 g/mol. The van der Waals surface area contributed by atoms with Gasteiger partial charge >= 0.3 is 0 Å². The first-order chi connectivity index (χ1) is 14.0. The number of para-hydroxylation sites is 1. The van der Waals surface area contributed by atoms with Crippen LogP contribution in [0.5, 0.6) is 5.75 Å². The number of carbonyl (C=O) groups is 1. The average molecular weight is 419 g/mol. The first-order valence-corrected chi connectivity index (χ1v) is 11.2. The summed E-state index contributed by atoms with van der Waals surface area (Å²) in [6.07, 6.45) is 1.02. The molecule has 1 aliphatic heterocycles. The molecular weight excluding hydrogens is 392 g/mol. The fraction of sp³-hybridized carbons (Fsp3) is 0.400. The highest BCUT2D eigenvalue weighted by atomic mass is 32.2. The number of anilines is 1. The van der Waals surface area contributed by atoms with Crippen molar-refractivity contribution in [3.63, 3.8) is 0 Å². The molecule has 1 aliphatic rings. The van der Waals surface area contributed by atoms with Crippen molar-refractivity contribution in [2.75, 3.05) is 43.4 Å². The molecule has 1 atom stereocenters. The van der Waals surface area contributed by atoms with Crippen LogP contribution in [-0.4, -0.2) is 68.2 Å². The summed E-state index contributed by atoms with van der Waals surface area (Å²) in [4.78, 5) is 18.5. The van der Waals surface area contributed by atoms with Gasteiger partial charge in [-0.25, -0.2) is 13.4 Å². The number of hydrogen-bond acceptors (Lipinski definition) is 6. The largest absolute Gasteiger partial charge is 0.481 e. The molecule has 1 aromatic heterocycles. The molecule has 9 heteroatoms. The maximum Gasteiger partial charge on any atom is 0.260 e. The molecule has 29 heavy (non-hydrogen) atoms. The Morgan fingerprint density at radius 3 is 2.45 bits per heavy atom. The quantitative estimate of drug-likeness (QED) is 0.691. The predicted octanol–water partition coefficient (Wildman–Crippen LogP) is 1.12. The Balaban J connectivity index is 1.42. The highest BCUT2D eigenvalue weighted by molar-refractivity contribution is 7.89. The second-order valence-corrected chi connectivity index (χ2v) is 8.84. The molecule has 1 N–H and O–H groups in total. The number of piperazine rings is 1. The van der Waals surface area contributed by atoms with Gasteiger partial charge in [-0.05, 0) is 31.2 Å². The van der Waals surface area contributed by atoms with Crippen molar-refractivity contribution in [3.05, 3.63) is 54.7 Å². The summed E-state index contributed by atoms with van der Waals surface area (Å²) < 4.78 is 32.2. The summed E-state index contributed by atoms with van der Waals surface area (Å²) in [5, 5.41) is 2.64. The molecule has 0 saturated carbocycles. The van der Waals surface area contributed by atoms with Gasteiger partial charge in [-0.3, -0.25) is 4.79 Å². The molecule has 0 spiro atoms. The van der Waals surface area contributed by atoms with E-state index in [1.165, 1.54) is 4.31 Å². The number of benzene rings is 1. The number of nitrogens with zero attached hydrogens (tertiary/aromatic N) is 3. The number of sulfonamides is 1. The molecule has 1 aromatic carbocycles. The lowest BCUT2D eigenvalue weighted by molar-refractivity contribution is -0.127. The second-order valence-electron chi connectivity index (χ2n) is 6.75. The van der Waals surface area contributed by atoms with E-state index in [0.717, 1.165) is 5.82 Å². The van der Waals surface area contributed by atoms with E-state index in [0.29, 0.717) is 31.9 Å². The van der Waals surface area contributed by atoms with Crippen LogP contribution in [-0.2, 0) is 14.8 Å². The fourth-order valence-electron chi connectivity index (χ4n) is 3.07. The summed E-state index contributed by atoms with van der Waals surface area (Å²) >= 11 is 0. The molecule has 1 unspecified atom stereocenters. The summed E-state index contributed by atoms with van der Waals surface area (Å²) in [5.41, 5.74) is 0. The van der Waals surface area contributed by atoms with Gasteiger partial charge in [-0.2, -0.15) is 4.31 Å². The summed E-state index contributed by atoms with van der Waals surface area (Å²) in [6, 6.07) is 14.7. The average Bonchev–Trinajstić information content (AvgIpc) is 2.75. The predicted molar refractivity (Wildman–Crippen MR) is 111 cm³/mol. The first kappa shape index (κ1) is 21.1. The zero-order valence-electron chi connectivity index (χ0n) is 16.4. The van der Waals surface area contributed by atoms with Gasteiger partial charge in [-0.1, -0.05) is 24.3 Å². The van der Waals surface area contributed by atoms with Crippen LogP contribution < -0.4 is 15.0 Å². The van der Waals surface area contributed by atoms with E-state index in [1.807, 2.05) is 36.4 Å². The Hall–Kier alpha value is -2.65. The van der Waals surface area contributed by atoms with Crippen molar-refractivity contribution in [1.82, 2.24) is 14.6 Å². The SMILES string of the molecule is CC(Oc1ccccc1)C(=O)NCCS(=O)(=O)N1CCN(c2ccccn2)CC1. The molecule has 3 rings (SSSR count). The number of aromatic nitrogens is 1. The van der Waals surface area contributed by atoms with Crippen LogP contribution in [0.2, 0.25) is 0 Å². The van der Waals surface area contributed by atoms with Gasteiger partial charge in [0.25, 0.3) is 5.91 Å². The number of ether oxygens (including phenoxy) is 1. The van der Waals surface area contributed by atoms with Crippen molar-refractivity contribution in [2.24, 2.45) is 0 Å². The molecule has 156 valence electrons. The van der Waals surface area contributed by atoms with Gasteiger partial charge in [-0.15, -0.1) is 0 Å². The third-order valence-corrected chi connectivity index (χ3v) is 6.56. The fourth-order valence-corrected chi connectivity index (χ4v) is 4.41. The van der Waals surface area contributed by atoms with Crippen LogP contribution in [0.25, 0.3) is 0 Å². The highest BCUT2D eigenvalue weighted by Crippen LogP contribution is 2.15. The third-order valence-electron chi connectivity index (χ3n) is 4.69. The smallest absolute Gasteiger partial charge is 0.260 e. The van der Waals surface area contributed by atoms with Crippen LogP contribution in [0.15, 0.2) is 54.7 Å². The van der Waals surface area contributed by atoms with E-state index in [1.54, 1.807) is 25.3 Å². The molecule has 0 aliphatic carbocycles. The molecule has 1 saturated heterocycles. The van der Waals surface area contributed by atoms with Crippen LogP contribution in [0.3, 0.4) is 0 Å². The van der Waals surface area contributed by atoms with E-state index in [2.05, 4.69) is 15.2 Å². The lowest BCUT2D eigenvalue weighted by Crippen LogP contribution is -2.50. The number of nitrogens with one attached hydrogen (secondary N) is 1. The van der Waals surface area contributed by atoms with Crippen LogP contribution >= 0.6 is 0 Å². The minimum absolute atomic E-state index is 0.0457. The molecular formula is C20H26N4O4S. The lowest BCUT2D eigenvalue weighted by atomic mass is 10.3. The molecule has 1 amide bonds. The van der Waals surface area contributed by atoms with Crippen molar-refractivity contribution in [2.45, 2.75) is 13.0 Å². The zero-order chi connectivity index (χ0) is 20.7. The van der Waals surface area contributed by atoms with Gasteiger partial charge in [0.15, 0.2) is 6.10 Å². The second kappa shape index (κ2) is 9.71. The molecule has 0 radical (unpaired) electrons. The highest BCUT2D eigenvalue weighted by Gasteiger charge is 2.27. The normalized spacial score (nSPS) is 16.2. The third kappa shape index (κ3) is 5.91. The minimum atomic E-state index is -3.44. The van der Waals surface area contributed by atoms with E-state index >= 15 is 0 Å². The topological polar surface area (TPSA) is 91.8 Å². The molecule has 8 nitrogen and oxygen atoms in total. The van der Waals surface area contributed by atoms with Crippen molar-refractivity contribution < 1.29 is 17.9 Å². The number of amides is 1. The maximum absolute atomic E-state index is 12.6. The minimum Gasteiger partial charge on any atom is -0.481 e. The maximum atomic E-state index is 12.6. The Morgan fingerprint density at radius 1 is 1.10 bits per heavy atom. The zero-order valence-corrected chi connectivity index (χ0v) is 17.2. The van der Waals surface area contributed by atoms with E-state index < -0.39 is 16.1 Å². The molecule has 0 bridgehead atoms. The Kier molecular flexibility index (Phi) is 7.05. The number of carbonyl (C=O) groups excluding carboxylic acids is 1. The lowest BCUT2D eigenvalue weighted by Gasteiger charge is -2.34. The summed E-state index contributed by atoms with van der Waals surface area (Å²) in [7, 11) is -3.44. The van der Waals surface area contributed by atoms with Gasteiger partial charge in [0.1, 0.15) is 11.6 Å². The molecule has 2 aromatic rings. The van der Waals surface area contributed by atoms with Crippen LogP contribution in [0, 0.1) is 0 Å². The number of pyridine rings is 1. The van der Waals surface area contributed by atoms with Gasteiger partial charge in [0, 0.05) is 38.9 Å². The van der Waals surface area contributed by atoms with Crippen molar-refractivity contribution >= 4 is 21.7 Å². The van der Waals surface area contributed by atoms with Crippen LogP contribution in [0.4, 0.5) is 5.82 Å². The van der Waals surface area contributed by atoms with Crippen LogP contribution in [0.1, 0.15) is 6.92 Å². The van der Waals surface area contributed by atoms with E-state index in [9.17, 15) is 13.2 Å². The Bertz CT molecular complexity index is 885. The number of rotatable bonds is 8.